The number of rotatable bonds is 7. The number of benzene rings is 1. The first-order valence-corrected chi connectivity index (χ1v) is 9.15. The van der Waals surface area contributed by atoms with Gasteiger partial charge >= 0.3 is 0 Å². The van der Waals surface area contributed by atoms with Crippen LogP contribution in [0.4, 0.5) is 0 Å². The van der Waals surface area contributed by atoms with E-state index in [-0.39, 0.29) is 11.8 Å². The van der Waals surface area contributed by atoms with Crippen LogP contribution in [0.25, 0.3) is 10.2 Å². The van der Waals surface area contributed by atoms with Gasteiger partial charge < -0.3 is 9.30 Å². The van der Waals surface area contributed by atoms with Crippen LogP contribution in [0.1, 0.15) is 39.5 Å². The van der Waals surface area contributed by atoms with Gasteiger partial charge in [-0.05, 0) is 31.0 Å². The lowest BCUT2D eigenvalue weighted by molar-refractivity contribution is -0.122. The zero-order valence-corrected chi connectivity index (χ0v) is 15.4. The van der Waals surface area contributed by atoms with Gasteiger partial charge in [0, 0.05) is 5.92 Å². The monoisotopic (exact) mass is 344 g/mol. The molecule has 24 heavy (non-hydrogen) atoms. The molecule has 1 aromatic carbocycles. The first-order chi connectivity index (χ1) is 11.6. The van der Waals surface area contributed by atoms with Crippen molar-refractivity contribution in [1.29, 1.82) is 0 Å². The van der Waals surface area contributed by atoms with E-state index in [1.165, 1.54) is 11.3 Å². The van der Waals surface area contributed by atoms with Crippen LogP contribution in [-0.2, 0) is 11.3 Å². The molecule has 5 heteroatoms. The molecule has 0 fully saturated rings. The molecule has 0 radical (unpaired) electrons. The van der Waals surface area contributed by atoms with E-state index in [9.17, 15) is 4.79 Å². The van der Waals surface area contributed by atoms with Crippen molar-refractivity contribution >= 4 is 27.5 Å². The van der Waals surface area contributed by atoms with Crippen LogP contribution < -0.4 is 9.54 Å². The summed E-state index contributed by atoms with van der Waals surface area (Å²) in [6.07, 6.45) is 9.23. The minimum atomic E-state index is -0.0389. The number of nitrogens with zero attached hydrogens (tertiary/aromatic N) is 2. The number of terminal acetylenes is 1. The van der Waals surface area contributed by atoms with E-state index in [4.69, 9.17) is 11.2 Å². The Kier molecular flexibility index (Phi) is 6.62. The molecular formula is C19H24N2O2S. The molecule has 0 saturated carbocycles. The zero-order valence-electron chi connectivity index (χ0n) is 14.5. The molecular weight excluding hydrogens is 320 g/mol. The Bertz CT molecular complexity index is 805. The first-order valence-electron chi connectivity index (χ1n) is 8.34. The summed E-state index contributed by atoms with van der Waals surface area (Å²) in [6.45, 7) is 4.59. The number of aromatic nitrogens is 1. The van der Waals surface area contributed by atoms with Crippen molar-refractivity contribution in [3.8, 4) is 18.1 Å². The number of carbonyl (C=O) groups excluding carboxylic acids is 1. The molecule has 0 N–H and O–H groups in total. The van der Waals surface area contributed by atoms with E-state index in [1.807, 2.05) is 22.8 Å². The molecule has 1 amide bonds. The highest BCUT2D eigenvalue weighted by Gasteiger charge is 2.17. The summed E-state index contributed by atoms with van der Waals surface area (Å²) in [6, 6.07) is 5.80. The minimum absolute atomic E-state index is 0.000894. The molecule has 128 valence electrons. The lowest BCUT2D eigenvalue weighted by Gasteiger charge is -2.10. The molecule has 1 aromatic heterocycles. The average Bonchev–Trinajstić information content (AvgIpc) is 2.91. The van der Waals surface area contributed by atoms with Crippen LogP contribution >= 0.6 is 11.3 Å². The van der Waals surface area contributed by atoms with Crippen LogP contribution in [0.15, 0.2) is 23.2 Å². The van der Waals surface area contributed by atoms with Gasteiger partial charge in [0.15, 0.2) is 4.80 Å². The molecule has 2 aromatic rings. The molecule has 2 rings (SSSR count). The number of thiazole rings is 1. The van der Waals surface area contributed by atoms with Crippen molar-refractivity contribution in [2.45, 2.75) is 46.1 Å². The lowest BCUT2D eigenvalue weighted by Crippen LogP contribution is -2.20. The minimum Gasteiger partial charge on any atom is -0.497 e. The van der Waals surface area contributed by atoms with Gasteiger partial charge in [-0.1, -0.05) is 43.9 Å². The molecule has 0 aliphatic rings. The fourth-order valence-corrected chi connectivity index (χ4v) is 3.85. The highest BCUT2D eigenvalue weighted by atomic mass is 32.1. The Labute approximate surface area is 147 Å². The molecule has 4 nitrogen and oxygen atoms in total. The van der Waals surface area contributed by atoms with Gasteiger partial charge in [-0.2, -0.15) is 4.99 Å². The third kappa shape index (κ3) is 4.07. The lowest BCUT2D eigenvalue weighted by atomic mass is 9.98. The third-order valence-corrected chi connectivity index (χ3v) is 5.01. The van der Waals surface area contributed by atoms with Gasteiger partial charge in [0.25, 0.3) is 5.91 Å². The van der Waals surface area contributed by atoms with Crippen molar-refractivity contribution in [3.05, 3.63) is 23.0 Å². The summed E-state index contributed by atoms with van der Waals surface area (Å²) >= 11 is 1.48. The van der Waals surface area contributed by atoms with Crippen LogP contribution in [-0.4, -0.2) is 17.6 Å². The number of hydrogen-bond donors (Lipinski definition) is 0. The van der Waals surface area contributed by atoms with E-state index < -0.39 is 0 Å². The highest BCUT2D eigenvalue weighted by Crippen LogP contribution is 2.23. The van der Waals surface area contributed by atoms with Crippen molar-refractivity contribution < 1.29 is 9.53 Å². The quantitative estimate of drug-likeness (QED) is 0.713. The molecule has 0 spiro atoms. The third-order valence-electron chi connectivity index (χ3n) is 3.97. The Morgan fingerprint density at radius 2 is 2.08 bits per heavy atom. The molecule has 0 aliphatic carbocycles. The summed E-state index contributed by atoms with van der Waals surface area (Å²) in [5.41, 5.74) is 0.979. The fraction of sp³-hybridized carbons (Fsp3) is 0.474. The molecule has 0 bridgehead atoms. The zero-order chi connectivity index (χ0) is 17.5. The predicted octanol–water partition coefficient (Wildman–Crippen LogP) is 3.99. The largest absolute Gasteiger partial charge is 0.497 e. The number of hydrogen-bond acceptors (Lipinski definition) is 3. The second-order valence-electron chi connectivity index (χ2n) is 5.73. The van der Waals surface area contributed by atoms with Gasteiger partial charge in [-0.25, -0.2) is 0 Å². The van der Waals surface area contributed by atoms with Crippen molar-refractivity contribution in [1.82, 2.24) is 4.57 Å². The number of carbonyl (C=O) groups is 1. The maximum absolute atomic E-state index is 12.6. The van der Waals surface area contributed by atoms with Gasteiger partial charge in [-0.15, -0.1) is 6.42 Å². The van der Waals surface area contributed by atoms with Gasteiger partial charge in [0.05, 0.1) is 23.9 Å². The van der Waals surface area contributed by atoms with E-state index in [2.05, 4.69) is 24.8 Å². The second kappa shape index (κ2) is 8.70. The predicted molar refractivity (Wildman–Crippen MR) is 99.1 cm³/mol. The summed E-state index contributed by atoms with van der Waals surface area (Å²) in [4.78, 5) is 17.7. The van der Waals surface area contributed by atoms with E-state index >= 15 is 0 Å². The van der Waals surface area contributed by atoms with E-state index in [1.54, 1.807) is 7.11 Å². The molecule has 0 unspecified atom stereocenters. The molecule has 0 atom stereocenters. The Morgan fingerprint density at radius 3 is 2.67 bits per heavy atom. The maximum Gasteiger partial charge on any atom is 0.251 e. The highest BCUT2D eigenvalue weighted by molar-refractivity contribution is 7.16. The Hall–Kier alpha value is -2.06. The number of fused-ring (bicyclic) bond motifs is 1. The van der Waals surface area contributed by atoms with E-state index in [0.29, 0.717) is 11.3 Å². The Morgan fingerprint density at radius 1 is 1.38 bits per heavy atom. The normalized spacial score (nSPS) is 11.9. The van der Waals surface area contributed by atoms with Gasteiger partial charge in [0.1, 0.15) is 5.75 Å². The standard InChI is InChI=1S/C19H24N2O2S/c1-5-8-14(9-6-2)18(22)20-19-21(12-7-3)16-11-10-15(23-4)13-17(16)24-19/h3,10-11,13-14H,5-6,8-9,12H2,1-2,4H3. The van der Waals surface area contributed by atoms with Crippen LogP contribution in [0.5, 0.6) is 5.75 Å². The smallest absolute Gasteiger partial charge is 0.251 e. The summed E-state index contributed by atoms with van der Waals surface area (Å²) in [5.74, 6) is 3.39. The maximum atomic E-state index is 12.6. The topological polar surface area (TPSA) is 43.6 Å². The van der Waals surface area contributed by atoms with Crippen LogP contribution in [0, 0.1) is 18.3 Å². The summed E-state index contributed by atoms with van der Waals surface area (Å²) < 4.78 is 8.21. The number of amides is 1. The van der Waals surface area contributed by atoms with Crippen LogP contribution in [0.3, 0.4) is 0 Å². The molecule has 0 saturated heterocycles. The van der Waals surface area contributed by atoms with E-state index in [0.717, 1.165) is 41.6 Å². The van der Waals surface area contributed by atoms with Crippen molar-refractivity contribution in [2.24, 2.45) is 10.9 Å². The number of ether oxygens (including phenoxy) is 1. The van der Waals surface area contributed by atoms with Crippen molar-refractivity contribution in [3.63, 3.8) is 0 Å². The second-order valence-corrected chi connectivity index (χ2v) is 6.74. The van der Waals surface area contributed by atoms with Crippen molar-refractivity contribution in [2.75, 3.05) is 7.11 Å². The fourth-order valence-electron chi connectivity index (χ4n) is 2.78. The van der Waals surface area contributed by atoms with Gasteiger partial charge in [-0.3, -0.25) is 4.79 Å². The summed E-state index contributed by atoms with van der Waals surface area (Å²) in [5, 5.41) is 0. The van der Waals surface area contributed by atoms with Crippen LogP contribution in [0.2, 0.25) is 0 Å². The molecule has 0 aliphatic heterocycles. The average molecular weight is 344 g/mol. The van der Waals surface area contributed by atoms with Gasteiger partial charge in [0.2, 0.25) is 0 Å². The summed E-state index contributed by atoms with van der Waals surface area (Å²) in [7, 11) is 1.64. The first kappa shape index (κ1) is 18.3. The number of methoxy groups -OCH3 is 1. The Balaban J connectivity index is 2.51. The SMILES string of the molecule is C#CCn1c(=NC(=O)C(CCC)CCC)sc2cc(OC)ccc21. The molecule has 1 heterocycles.